The van der Waals surface area contributed by atoms with E-state index >= 15 is 0 Å². The maximum Gasteiger partial charge on any atom is 0.175 e. The second kappa shape index (κ2) is 7.13. The Morgan fingerprint density at radius 3 is 2.70 bits per heavy atom. The van der Waals surface area contributed by atoms with Gasteiger partial charge in [-0.1, -0.05) is 67.6 Å². The highest BCUT2D eigenvalue weighted by Crippen LogP contribution is 2.31. The van der Waals surface area contributed by atoms with E-state index in [4.69, 9.17) is 10.3 Å². The molecule has 1 heterocycles. The Labute approximate surface area is 121 Å². The molecule has 108 valence electrons. The molecule has 3 heteroatoms. The SMILES string of the molecule is CCCCCCCc1onc(N)c1-c1cccc(C)c1. The first-order chi connectivity index (χ1) is 9.72. The van der Waals surface area contributed by atoms with Crippen LogP contribution in [0.3, 0.4) is 0 Å². The summed E-state index contributed by atoms with van der Waals surface area (Å²) in [5.41, 5.74) is 9.27. The van der Waals surface area contributed by atoms with Crippen molar-refractivity contribution >= 4 is 5.82 Å². The summed E-state index contributed by atoms with van der Waals surface area (Å²) in [7, 11) is 0. The number of nitrogens with zero attached hydrogens (tertiary/aromatic N) is 1. The molecule has 0 aliphatic rings. The molecule has 1 aromatic carbocycles. The number of anilines is 1. The molecule has 2 N–H and O–H groups in total. The molecule has 1 aromatic heterocycles. The van der Waals surface area contributed by atoms with Crippen LogP contribution in [0.25, 0.3) is 11.1 Å². The molecule has 2 rings (SSSR count). The largest absolute Gasteiger partial charge is 0.380 e. The lowest BCUT2D eigenvalue weighted by atomic mass is 10.0. The van der Waals surface area contributed by atoms with Crippen LogP contribution in [0.1, 0.15) is 50.4 Å². The van der Waals surface area contributed by atoms with Gasteiger partial charge in [0.25, 0.3) is 0 Å². The van der Waals surface area contributed by atoms with Crippen LogP contribution in [0.15, 0.2) is 28.8 Å². The highest BCUT2D eigenvalue weighted by Gasteiger charge is 2.15. The summed E-state index contributed by atoms with van der Waals surface area (Å²) in [4.78, 5) is 0. The third-order valence-corrected chi connectivity index (χ3v) is 3.60. The molecule has 3 nitrogen and oxygen atoms in total. The van der Waals surface area contributed by atoms with Crippen molar-refractivity contribution in [2.45, 2.75) is 52.4 Å². The van der Waals surface area contributed by atoms with E-state index in [1.165, 1.54) is 31.2 Å². The smallest absolute Gasteiger partial charge is 0.175 e. The van der Waals surface area contributed by atoms with Crippen LogP contribution in [0.5, 0.6) is 0 Å². The van der Waals surface area contributed by atoms with Crippen LogP contribution in [-0.4, -0.2) is 5.16 Å². The van der Waals surface area contributed by atoms with Gasteiger partial charge in [0.15, 0.2) is 5.82 Å². The number of unbranched alkanes of at least 4 members (excludes halogenated alkanes) is 4. The van der Waals surface area contributed by atoms with Gasteiger partial charge >= 0.3 is 0 Å². The Kier molecular flexibility index (Phi) is 5.22. The molecule has 0 spiro atoms. The van der Waals surface area contributed by atoms with E-state index in [1.807, 2.05) is 6.07 Å². The van der Waals surface area contributed by atoms with Gasteiger partial charge in [-0.15, -0.1) is 0 Å². The Balaban J connectivity index is 2.08. The zero-order valence-corrected chi connectivity index (χ0v) is 12.5. The van der Waals surface area contributed by atoms with Crippen molar-refractivity contribution in [2.24, 2.45) is 0 Å². The molecule has 0 aliphatic carbocycles. The third-order valence-electron chi connectivity index (χ3n) is 3.60. The van der Waals surface area contributed by atoms with Crippen molar-refractivity contribution in [3.05, 3.63) is 35.6 Å². The van der Waals surface area contributed by atoms with E-state index < -0.39 is 0 Å². The van der Waals surface area contributed by atoms with E-state index in [0.717, 1.165) is 29.7 Å². The minimum Gasteiger partial charge on any atom is -0.380 e. The molecule has 0 unspecified atom stereocenters. The Hall–Kier alpha value is -1.77. The second-order valence-corrected chi connectivity index (χ2v) is 5.40. The summed E-state index contributed by atoms with van der Waals surface area (Å²) >= 11 is 0. The average Bonchev–Trinajstić information content (AvgIpc) is 2.80. The van der Waals surface area contributed by atoms with Crippen molar-refractivity contribution in [1.82, 2.24) is 5.16 Å². The summed E-state index contributed by atoms with van der Waals surface area (Å²) < 4.78 is 5.42. The molecular formula is C17H24N2O. The number of benzene rings is 1. The Morgan fingerprint density at radius 2 is 1.95 bits per heavy atom. The standard InChI is InChI=1S/C17H24N2O/c1-3-4-5-6-7-11-15-16(17(18)19-20-15)14-10-8-9-13(2)12-14/h8-10,12H,3-7,11H2,1-2H3,(H2,18,19). The zero-order chi connectivity index (χ0) is 14.4. The van der Waals surface area contributed by atoms with Crippen LogP contribution in [-0.2, 0) is 6.42 Å². The lowest BCUT2D eigenvalue weighted by molar-refractivity contribution is 0.381. The van der Waals surface area contributed by atoms with Gasteiger partial charge < -0.3 is 10.3 Å². The number of hydrogen-bond donors (Lipinski definition) is 1. The monoisotopic (exact) mass is 272 g/mol. The summed E-state index contributed by atoms with van der Waals surface area (Å²) in [6.45, 7) is 4.31. The first-order valence-corrected chi connectivity index (χ1v) is 7.53. The summed E-state index contributed by atoms with van der Waals surface area (Å²) in [5, 5.41) is 3.94. The minimum absolute atomic E-state index is 0.499. The molecule has 20 heavy (non-hydrogen) atoms. The van der Waals surface area contributed by atoms with Crippen molar-refractivity contribution in [2.75, 3.05) is 5.73 Å². The maximum atomic E-state index is 5.97. The van der Waals surface area contributed by atoms with Crippen LogP contribution >= 0.6 is 0 Å². The van der Waals surface area contributed by atoms with Crippen molar-refractivity contribution in [3.63, 3.8) is 0 Å². The van der Waals surface area contributed by atoms with Crippen LogP contribution < -0.4 is 5.73 Å². The predicted octanol–water partition coefficient (Wildman–Crippen LogP) is 4.75. The van der Waals surface area contributed by atoms with Crippen molar-refractivity contribution in [3.8, 4) is 11.1 Å². The molecular weight excluding hydrogens is 248 g/mol. The summed E-state index contributed by atoms with van der Waals surface area (Å²) in [6.07, 6.45) is 7.15. The Bertz CT molecular complexity index is 546. The van der Waals surface area contributed by atoms with Crippen molar-refractivity contribution in [1.29, 1.82) is 0 Å². The predicted molar refractivity (Wildman–Crippen MR) is 83.6 cm³/mol. The quantitative estimate of drug-likeness (QED) is 0.740. The second-order valence-electron chi connectivity index (χ2n) is 5.40. The first-order valence-electron chi connectivity index (χ1n) is 7.53. The summed E-state index contributed by atoms with van der Waals surface area (Å²) in [5.74, 6) is 1.42. The third kappa shape index (κ3) is 3.62. The molecule has 0 radical (unpaired) electrons. The lowest BCUT2D eigenvalue weighted by Gasteiger charge is -2.04. The molecule has 0 atom stereocenters. The minimum atomic E-state index is 0.499. The van der Waals surface area contributed by atoms with Gasteiger partial charge in [-0.05, 0) is 18.9 Å². The lowest BCUT2D eigenvalue weighted by Crippen LogP contribution is -1.92. The van der Waals surface area contributed by atoms with Crippen LogP contribution in [0, 0.1) is 6.92 Å². The van der Waals surface area contributed by atoms with Gasteiger partial charge in [0.05, 0.1) is 5.56 Å². The molecule has 0 saturated carbocycles. The van der Waals surface area contributed by atoms with E-state index in [9.17, 15) is 0 Å². The normalized spacial score (nSPS) is 10.9. The van der Waals surface area contributed by atoms with Crippen LogP contribution in [0.4, 0.5) is 5.82 Å². The van der Waals surface area contributed by atoms with Crippen molar-refractivity contribution < 1.29 is 4.52 Å². The zero-order valence-electron chi connectivity index (χ0n) is 12.5. The fourth-order valence-corrected chi connectivity index (χ4v) is 2.51. The van der Waals surface area contributed by atoms with E-state index in [2.05, 4.69) is 37.2 Å². The Morgan fingerprint density at radius 1 is 1.15 bits per heavy atom. The molecule has 0 bridgehead atoms. The number of rotatable bonds is 7. The van der Waals surface area contributed by atoms with Gasteiger partial charge in [-0.25, -0.2) is 0 Å². The van der Waals surface area contributed by atoms with Gasteiger partial charge in [-0.2, -0.15) is 0 Å². The number of nitrogen functional groups attached to an aromatic ring is 1. The van der Waals surface area contributed by atoms with Gasteiger partial charge in [0, 0.05) is 6.42 Å². The molecule has 0 saturated heterocycles. The van der Waals surface area contributed by atoms with Gasteiger partial charge in [0.1, 0.15) is 5.76 Å². The molecule has 0 aliphatic heterocycles. The number of hydrogen-bond acceptors (Lipinski definition) is 3. The van der Waals surface area contributed by atoms with Gasteiger partial charge in [-0.3, -0.25) is 0 Å². The fraction of sp³-hybridized carbons (Fsp3) is 0.471. The topological polar surface area (TPSA) is 52.0 Å². The van der Waals surface area contributed by atoms with E-state index in [-0.39, 0.29) is 0 Å². The first kappa shape index (κ1) is 14.6. The van der Waals surface area contributed by atoms with E-state index in [1.54, 1.807) is 0 Å². The average molecular weight is 272 g/mol. The maximum absolute atomic E-state index is 5.97. The van der Waals surface area contributed by atoms with Crippen LogP contribution in [0.2, 0.25) is 0 Å². The molecule has 2 aromatic rings. The summed E-state index contributed by atoms with van der Waals surface area (Å²) in [6, 6.07) is 8.32. The highest BCUT2D eigenvalue weighted by molar-refractivity contribution is 5.75. The molecule has 0 fully saturated rings. The highest BCUT2D eigenvalue weighted by atomic mass is 16.5. The van der Waals surface area contributed by atoms with E-state index in [0.29, 0.717) is 5.82 Å². The number of nitrogens with two attached hydrogens (primary N) is 1. The number of aryl methyl sites for hydroxylation is 2. The van der Waals surface area contributed by atoms with Gasteiger partial charge in [0.2, 0.25) is 0 Å². The number of aromatic nitrogens is 1. The fourth-order valence-electron chi connectivity index (χ4n) is 2.51. The molecule has 0 amide bonds.